The number of ether oxygens (including phenoxy) is 1. The average Bonchev–Trinajstić information content (AvgIpc) is 2.26. The van der Waals surface area contributed by atoms with E-state index in [2.05, 4.69) is 19.2 Å². The van der Waals surface area contributed by atoms with E-state index in [1.54, 1.807) is 19.2 Å². The first kappa shape index (κ1) is 13.8. The Balaban J connectivity index is 2.57. The van der Waals surface area contributed by atoms with Crippen LogP contribution in [-0.4, -0.2) is 19.6 Å². The average molecular weight is 256 g/mol. The molecule has 0 aromatic heterocycles. The van der Waals surface area contributed by atoms with Crippen LogP contribution in [0.4, 0.5) is 0 Å². The molecule has 0 atom stereocenters. The van der Waals surface area contributed by atoms with Gasteiger partial charge in [-0.25, -0.2) is 0 Å². The van der Waals surface area contributed by atoms with E-state index in [0.29, 0.717) is 29.7 Å². The van der Waals surface area contributed by atoms with Crippen molar-refractivity contribution in [2.45, 2.75) is 20.3 Å². The summed E-state index contributed by atoms with van der Waals surface area (Å²) in [6, 6.07) is 5.38. The largest absolute Gasteiger partial charge is 0.495 e. The third-order valence-electron chi connectivity index (χ3n) is 2.29. The summed E-state index contributed by atoms with van der Waals surface area (Å²) in [6.45, 7) is 4.82. The van der Waals surface area contributed by atoms with Crippen molar-refractivity contribution in [3.63, 3.8) is 0 Å². The lowest BCUT2D eigenvalue weighted by atomic mass is 10.1. The molecule has 0 aliphatic rings. The van der Waals surface area contributed by atoms with E-state index in [1.807, 2.05) is 6.07 Å². The lowest BCUT2D eigenvalue weighted by Gasteiger charge is -2.08. The van der Waals surface area contributed by atoms with Gasteiger partial charge < -0.3 is 10.1 Å². The Labute approximate surface area is 107 Å². The van der Waals surface area contributed by atoms with Crippen molar-refractivity contribution in [2.24, 2.45) is 5.92 Å². The number of rotatable bonds is 5. The molecule has 17 heavy (non-hydrogen) atoms. The number of benzene rings is 1. The molecule has 1 N–H and O–H groups in total. The van der Waals surface area contributed by atoms with Gasteiger partial charge in [0.1, 0.15) is 5.75 Å². The van der Waals surface area contributed by atoms with Gasteiger partial charge >= 0.3 is 0 Å². The maximum atomic E-state index is 11.6. The van der Waals surface area contributed by atoms with Crippen molar-refractivity contribution in [1.29, 1.82) is 0 Å². The molecule has 1 rings (SSSR count). The van der Waals surface area contributed by atoms with Gasteiger partial charge in [0.25, 0.3) is 0 Å². The summed E-state index contributed by atoms with van der Waals surface area (Å²) in [5.74, 6) is 1.09. The van der Waals surface area contributed by atoms with E-state index in [-0.39, 0.29) is 5.91 Å². The van der Waals surface area contributed by atoms with Crippen LogP contribution in [0.2, 0.25) is 5.02 Å². The maximum Gasteiger partial charge on any atom is 0.224 e. The van der Waals surface area contributed by atoms with Crippen LogP contribution >= 0.6 is 11.6 Å². The summed E-state index contributed by atoms with van der Waals surface area (Å²) in [6.07, 6.45) is 0.344. The summed E-state index contributed by atoms with van der Waals surface area (Å²) < 4.78 is 5.05. The highest BCUT2D eigenvalue weighted by Gasteiger charge is 2.06. The third kappa shape index (κ3) is 4.65. The van der Waals surface area contributed by atoms with Crippen LogP contribution in [0.15, 0.2) is 18.2 Å². The number of hydrogen-bond acceptors (Lipinski definition) is 2. The molecule has 0 saturated carbocycles. The second-order valence-electron chi connectivity index (χ2n) is 4.34. The first-order valence-corrected chi connectivity index (χ1v) is 6.00. The SMILES string of the molecule is COc1ccc(CC(=O)NCC(C)C)cc1Cl. The molecule has 1 aromatic carbocycles. The van der Waals surface area contributed by atoms with Gasteiger partial charge in [0, 0.05) is 6.54 Å². The summed E-state index contributed by atoms with van der Waals surface area (Å²) in [7, 11) is 1.57. The monoisotopic (exact) mass is 255 g/mol. The lowest BCUT2D eigenvalue weighted by molar-refractivity contribution is -0.120. The molecule has 0 bridgehead atoms. The number of carbonyl (C=O) groups excluding carboxylic acids is 1. The van der Waals surface area contributed by atoms with Crippen LogP contribution in [0.1, 0.15) is 19.4 Å². The van der Waals surface area contributed by atoms with E-state index < -0.39 is 0 Å². The summed E-state index contributed by atoms with van der Waals surface area (Å²) in [5, 5.41) is 3.39. The number of carbonyl (C=O) groups is 1. The molecule has 4 heteroatoms. The number of amides is 1. The molecular weight excluding hydrogens is 238 g/mol. The van der Waals surface area contributed by atoms with Crippen LogP contribution in [0, 0.1) is 5.92 Å². The predicted molar refractivity (Wildman–Crippen MR) is 69.6 cm³/mol. The summed E-state index contributed by atoms with van der Waals surface area (Å²) >= 11 is 5.98. The molecule has 1 amide bonds. The first-order chi connectivity index (χ1) is 8.02. The van der Waals surface area contributed by atoms with Gasteiger partial charge in [0.2, 0.25) is 5.91 Å². The molecule has 0 heterocycles. The highest BCUT2D eigenvalue weighted by atomic mass is 35.5. The molecule has 94 valence electrons. The van der Waals surface area contributed by atoms with Crippen LogP contribution in [0.5, 0.6) is 5.75 Å². The molecule has 0 radical (unpaired) electrons. The van der Waals surface area contributed by atoms with Crippen molar-refractivity contribution < 1.29 is 9.53 Å². The Morgan fingerprint density at radius 3 is 2.71 bits per heavy atom. The molecule has 0 aliphatic heterocycles. The zero-order valence-corrected chi connectivity index (χ0v) is 11.2. The van der Waals surface area contributed by atoms with E-state index in [0.717, 1.165) is 5.56 Å². The van der Waals surface area contributed by atoms with Crippen LogP contribution in [-0.2, 0) is 11.2 Å². The molecule has 3 nitrogen and oxygen atoms in total. The first-order valence-electron chi connectivity index (χ1n) is 5.62. The number of methoxy groups -OCH3 is 1. The minimum absolute atomic E-state index is 0.0138. The Hall–Kier alpha value is -1.22. The second-order valence-corrected chi connectivity index (χ2v) is 4.75. The standard InChI is InChI=1S/C13H18ClNO2/c1-9(2)8-15-13(16)7-10-4-5-12(17-3)11(14)6-10/h4-6,9H,7-8H2,1-3H3,(H,15,16). The molecule has 1 aromatic rings. The molecule has 0 fully saturated rings. The topological polar surface area (TPSA) is 38.3 Å². The van der Waals surface area contributed by atoms with Gasteiger partial charge in [-0.3, -0.25) is 4.79 Å². The smallest absolute Gasteiger partial charge is 0.224 e. The van der Waals surface area contributed by atoms with Crippen LogP contribution in [0.25, 0.3) is 0 Å². The Bertz CT molecular complexity index is 391. The zero-order valence-electron chi connectivity index (χ0n) is 10.4. The van der Waals surface area contributed by atoms with E-state index in [1.165, 1.54) is 0 Å². The highest BCUT2D eigenvalue weighted by Crippen LogP contribution is 2.24. The van der Waals surface area contributed by atoms with E-state index >= 15 is 0 Å². The molecular formula is C13H18ClNO2. The minimum atomic E-state index is 0.0138. The van der Waals surface area contributed by atoms with Crippen molar-refractivity contribution in [1.82, 2.24) is 5.32 Å². The molecule has 0 spiro atoms. The number of nitrogens with one attached hydrogen (secondary N) is 1. The van der Waals surface area contributed by atoms with Gasteiger partial charge in [-0.1, -0.05) is 31.5 Å². The highest BCUT2D eigenvalue weighted by molar-refractivity contribution is 6.32. The van der Waals surface area contributed by atoms with Crippen molar-refractivity contribution >= 4 is 17.5 Å². The van der Waals surface area contributed by atoms with Crippen molar-refractivity contribution in [3.8, 4) is 5.75 Å². The number of halogens is 1. The Morgan fingerprint density at radius 1 is 1.47 bits per heavy atom. The summed E-state index contributed by atoms with van der Waals surface area (Å²) in [5.41, 5.74) is 0.886. The van der Waals surface area contributed by atoms with Gasteiger partial charge in [0.05, 0.1) is 18.6 Å². The van der Waals surface area contributed by atoms with Gasteiger partial charge in [0.15, 0.2) is 0 Å². The third-order valence-corrected chi connectivity index (χ3v) is 2.58. The van der Waals surface area contributed by atoms with E-state index in [4.69, 9.17) is 16.3 Å². The molecule has 0 aliphatic carbocycles. The normalized spacial score (nSPS) is 10.4. The van der Waals surface area contributed by atoms with Crippen LogP contribution < -0.4 is 10.1 Å². The van der Waals surface area contributed by atoms with Gasteiger partial charge in [-0.2, -0.15) is 0 Å². The maximum absolute atomic E-state index is 11.6. The predicted octanol–water partition coefficient (Wildman–Crippen LogP) is 2.66. The van der Waals surface area contributed by atoms with Gasteiger partial charge in [-0.05, 0) is 23.6 Å². The zero-order chi connectivity index (χ0) is 12.8. The summed E-state index contributed by atoms with van der Waals surface area (Å²) in [4.78, 5) is 11.6. The molecule has 0 saturated heterocycles. The van der Waals surface area contributed by atoms with Gasteiger partial charge in [-0.15, -0.1) is 0 Å². The van der Waals surface area contributed by atoms with E-state index in [9.17, 15) is 4.79 Å². The van der Waals surface area contributed by atoms with Crippen molar-refractivity contribution in [2.75, 3.05) is 13.7 Å². The fourth-order valence-corrected chi connectivity index (χ4v) is 1.67. The minimum Gasteiger partial charge on any atom is -0.495 e. The van der Waals surface area contributed by atoms with Crippen LogP contribution in [0.3, 0.4) is 0 Å². The number of hydrogen-bond donors (Lipinski definition) is 1. The second kappa shape index (κ2) is 6.50. The Kier molecular flexibility index (Phi) is 5.29. The molecule has 0 unspecified atom stereocenters. The lowest BCUT2D eigenvalue weighted by Crippen LogP contribution is -2.28. The van der Waals surface area contributed by atoms with Crippen molar-refractivity contribution in [3.05, 3.63) is 28.8 Å². The Morgan fingerprint density at radius 2 is 2.18 bits per heavy atom. The quantitative estimate of drug-likeness (QED) is 0.879. The fourth-order valence-electron chi connectivity index (χ4n) is 1.39. The fraction of sp³-hybridized carbons (Fsp3) is 0.462.